The summed E-state index contributed by atoms with van der Waals surface area (Å²) >= 11 is 0. The summed E-state index contributed by atoms with van der Waals surface area (Å²) in [5, 5.41) is 7.99. The molecule has 120 valence electrons. The lowest BCUT2D eigenvalue weighted by Crippen LogP contribution is -2.44. The number of carbonyl (C=O) groups is 1. The van der Waals surface area contributed by atoms with Gasteiger partial charge in [-0.2, -0.15) is 5.10 Å². The molecule has 0 spiro atoms. The second-order valence-corrected chi connectivity index (χ2v) is 5.69. The number of amides is 1. The molecule has 0 saturated carbocycles. The number of ether oxygens (including phenoxy) is 1. The van der Waals surface area contributed by atoms with Crippen molar-refractivity contribution in [3.8, 4) is 5.88 Å². The minimum Gasteiger partial charge on any atom is -0.471 e. The van der Waals surface area contributed by atoms with E-state index in [1.54, 1.807) is 17.2 Å². The van der Waals surface area contributed by atoms with Crippen molar-refractivity contribution in [3.63, 3.8) is 0 Å². The van der Waals surface area contributed by atoms with Crippen LogP contribution in [0, 0.1) is 13.8 Å². The highest BCUT2D eigenvalue weighted by atomic mass is 16.5. The third-order valence-corrected chi connectivity index (χ3v) is 3.73. The van der Waals surface area contributed by atoms with Crippen LogP contribution in [0.4, 0.5) is 0 Å². The Kier molecular flexibility index (Phi) is 4.45. The molecule has 0 aromatic carbocycles. The second kappa shape index (κ2) is 6.68. The molecule has 2 aromatic heterocycles. The van der Waals surface area contributed by atoms with Crippen LogP contribution in [0.15, 0.2) is 24.5 Å². The summed E-state index contributed by atoms with van der Waals surface area (Å²) in [5.74, 6) is 0.380. The van der Waals surface area contributed by atoms with E-state index in [1.807, 2.05) is 19.9 Å². The van der Waals surface area contributed by atoms with Crippen molar-refractivity contribution in [3.05, 3.63) is 41.6 Å². The molecule has 1 fully saturated rings. The summed E-state index contributed by atoms with van der Waals surface area (Å²) in [4.78, 5) is 22.5. The highest BCUT2D eigenvalue weighted by Gasteiger charge is 2.26. The Morgan fingerprint density at radius 2 is 2.04 bits per heavy atom. The Morgan fingerprint density at radius 3 is 2.74 bits per heavy atom. The predicted octanol–water partition coefficient (Wildman–Crippen LogP) is 1.57. The maximum absolute atomic E-state index is 12.5. The van der Waals surface area contributed by atoms with Crippen LogP contribution < -0.4 is 4.74 Å². The van der Waals surface area contributed by atoms with Gasteiger partial charge < -0.3 is 9.64 Å². The number of nitrogens with zero attached hydrogens (tertiary/aromatic N) is 5. The van der Waals surface area contributed by atoms with Gasteiger partial charge in [0.15, 0.2) is 0 Å². The number of aromatic nitrogens is 4. The van der Waals surface area contributed by atoms with Crippen LogP contribution in [-0.4, -0.2) is 50.2 Å². The van der Waals surface area contributed by atoms with Gasteiger partial charge in [0.1, 0.15) is 11.8 Å². The lowest BCUT2D eigenvalue weighted by atomic mass is 10.1. The van der Waals surface area contributed by atoms with Gasteiger partial charge in [-0.3, -0.25) is 9.78 Å². The number of aryl methyl sites for hydroxylation is 2. The first-order valence-electron chi connectivity index (χ1n) is 7.67. The zero-order valence-corrected chi connectivity index (χ0v) is 13.3. The molecule has 1 saturated heterocycles. The van der Waals surface area contributed by atoms with Crippen molar-refractivity contribution in [1.82, 2.24) is 25.1 Å². The van der Waals surface area contributed by atoms with Gasteiger partial charge in [0.2, 0.25) is 5.88 Å². The van der Waals surface area contributed by atoms with Crippen LogP contribution in [-0.2, 0) is 0 Å². The number of hydrogen-bond donors (Lipinski definition) is 0. The molecule has 0 radical (unpaired) electrons. The fourth-order valence-electron chi connectivity index (χ4n) is 2.50. The van der Waals surface area contributed by atoms with Gasteiger partial charge in [-0.25, -0.2) is 4.98 Å². The molecule has 23 heavy (non-hydrogen) atoms. The lowest BCUT2D eigenvalue weighted by molar-refractivity contribution is 0.0520. The lowest BCUT2D eigenvalue weighted by Gasteiger charge is -2.32. The van der Waals surface area contributed by atoms with Crippen molar-refractivity contribution in [2.45, 2.75) is 32.8 Å². The van der Waals surface area contributed by atoms with Gasteiger partial charge in [-0.15, -0.1) is 5.10 Å². The molecular weight excluding hydrogens is 294 g/mol. The van der Waals surface area contributed by atoms with E-state index in [-0.39, 0.29) is 12.0 Å². The molecular formula is C16H19N5O2. The van der Waals surface area contributed by atoms with E-state index >= 15 is 0 Å². The summed E-state index contributed by atoms with van der Waals surface area (Å²) in [6.07, 6.45) is 4.82. The van der Waals surface area contributed by atoms with Crippen molar-refractivity contribution in [1.29, 1.82) is 0 Å². The van der Waals surface area contributed by atoms with Gasteiger partial charge in [0, 0.05) is 18.8 Å². The van der Waals surface area contributed by atoms with Crippen LogP contribution in [0.3, 0.4) is 0 Å². The van der Waals surface area contributed by atoms with Crippen LogP contribution in [0.1, 0.15) is 34.7 Å². The van der Waals surface area contributed by atoms with Gasteiger partial charge >= 0.3 is 0 Å². The Labute approximate surface area is 134 Å². The predicted molar refractivity (Wildman–Crippen MR) is 83.1 cm³/mol. The second-order valence-electron chi connectivity index (χ2n) is 5.69. The van der Waals surface area contributed by atoms with E-state index in [0.29, 0.717) is 24.7 Å². The van der Waals surface area contributed by atoms with Crippen molar-refractivity contribution >= 4 is 5.91 Å². The number of piperidine rings is 1. The fourth-order valence-corrected chi connectivity index (χ4v) is 2.50. The molecule has 7 nitrogen and oxygen atoms in total. The third-order valence-electron chi connectivity index (χ3n) is 3.73. The molecule has 7 heteroatoms. The van der Waals surface area contributed by atoms with Crippen LogP contribution in [0.25, 0.3) is 0 Å². The topological polar surface area (TPSA) is 81.1 Å². The monoisotopic (exact) mass is 313 g/mol. The number of carbonyl (C=O) groups excluding carboxylic acids is 1. The Bertz CT molecular complexity index is 672. The van der Waals surface area contributed by atoms with E-state index in [9.17, 15) is 4.79 Å². The van der Waals surface area contributed by atoms with Gasteiger partial charge in [0.05, 0.1) is 24.1 Å². The zero-order valence-electron chi connectivity index (χ0n) is 13.3. The first-order valence-corrected chi connectivity index (χ1v) is 7.67. The molecule has 3 heterocycles. The summed E-state index contributed by atoms with van der Waals surface area (Å²) in [6.45, 7) is 4.94. The normalized spacial score (nSPS) is 17.8. The number of rotatable bonds is 3. The number of likely N-dealkylation sites (tertiary alicyclic amines) is 1. The molecule has 1 atom stereocenters. The first-order chi connectivity index (χ1) is 11.1. The van der Waals surface area contributed by atoms with E-state index in [1.165, 1.54) is 6.20 Å². The van der Waals surface area contributed by atoms with E-state index in [2.05, 4.69) is 20.2 Å². The minimum atomic E-state index is -0.110. The summed E-state index contributed by atoms with van der Waals surface area (Å²) in [7, 11) is 0. The van der Waals surface area contributed by atoms with E-state index in [4.69, 9.17) is 4.74 Å². The standard InChI is InChI=1S/C16H19N5O2/c1-11-5-6-15(20-19-11)23-13-4-3-7-21(10-13)16(22)14-9-17-12(2)8-18-14/h5-6,8-9,13H,3-4,7,10H2,1-2H3/t13-/m0/s1. The molecule has 2 aromatic rings. The van der Waals surface area contributed by atoms with Crippen LogP contribution in [0.2, 0.25) is 0 Å². The average Bonchev–Trinajstić information content (AvgIpc) is 2.57. The van der Waals surface area contributed by atoms with Crippen LogP contribution >= 0.6 is 0 Å². The summed E-state index contributed by atoms with van der Waals surface area (Å²) in [6, 6.07) is 3.66. The average molecular weight is 313 g/mol. The fraction of sp³-hybridized carbons (Fsp3) is 0.438. The molecule has 1 amide bonds. The minimum absolute atomic E-state index is 0.0805. The van der Waals surface area contributed by atoms with E-state index < -0.39 is 0 Å². The SMILES string of the molecule is Cc1cnc(C(=O)N2CCC[C@H](Oc3ccc(C)nn3)C2)cn1. The summed E-state index contributed by atoms with van der Waals surface area (Å²) in [5.41, 5.74) is 2.00. The highest BCUT2D eigenvalue weighted by Crippen LogP contribution is 2.17. The number of hydrogen-bond acceptors (Lipinski definition) is 6. The van der Waals surface area contributed by atoms with Gasteiger partial charge in [-0.05, 0) is 32.8 Å². The Hall–Kier alpha value is -2.57. The van der Waals surface area contributed by atoms with E-state index in [0.717, 1.165) is 24.2 Å². The zero-order chi connectivity index (χ0) is 16.2. The van der Waals surface area contributed by atoms with Crippen LogP contribution in [0.5, 0.6) is 5.88 Å². The molecule has 0 N–H and O–H groups in total. The van der Waals surface area contributed by atoms with Gasteiger partial charge in [0.25, 0.3) is 5.91 Å². The molecule has 1 aliphatic heterocycles. The molecule has 0 bridgehead atoms. The third kappa shape index (κ3) is 3.80. The largest absolute Gasteiger partial charge is 0.471 e. The van der Waals surface area contributed by atoms with Crippen molar-refractivity contribution in [2.24, 2.45) is 0 Å². The molecule has 3 rings (SSSR count). The Balaban J connectivity index is 1.64. The quantitative estimate of drug-likeness (QED) is 0.855. The first kappa shape index (κ1) is 15.3. The molecule has 1 aliphatic rings. The van der Waals surface area contributed by atoms with Gasteiger partial charge in [-0.1, -0.05) is 0 Å². The van der Waals surface area contributed by atoms with Crippen molar-refractivity contribution < 1.29 is 9.53 Å². The molecule has 0 aliphatic carbocycles. The maximum atomic E-state index is 12.5. The molecule has 0 unspecified atom stereocenters. The van der Waals surface area contributed by atoms with Crippen molar-refractivity contribution in [2.75, 3.05) is 13.1 Å². The maximum Gasteiger partial charge on any atom is 0.274 e. The Morgan fingerprint density at radius 1 is 1.17 bits per heavy atom. The summed E-state index contributed by atoms with van der Waals surface area (Å²) < 4.78 is 5.84. The smallest absolute Gasteiger partial charge is 0.274 e. The highest BCUT2D eigenvalue weighted by molar-refractivity contribution is 5.92.